The van der Waals surface area contributed by atoms with E-state index in [-0.39, 0.29) is 0 Å². The minimum atomic E-state index is 0.881. The van der Waals surface area contributed by atoms with Crippen LogP contribution in [0.1, 0.15) is 11.9 Å². The fraction of sp³-hybridized carbons (Fsp3) is 0.267. The van der Waals surface area contributed by atoms with Crippen molar-refractivity contribution >= 4 is 27.1 Å². The molecule has 1 aliphatic heterocycles. The van der Waals surface area contributed by atoms with Crippen molar-refractivity contribution in [3.63, 3.8) is 0 Å². The number of nitrogens with zero attached hydrogens (tertiary/aromatic N) is 2. The first-order valence-corrected chi connectivity index (χ1v) is 7.19. The van der Waals surface area contributed by atoms with Crippen LogP contribution in [0.4, 0.5) is 0 Å². The van der Waals surface area contributed by atoms with Gasteiger partial charge in [0.2, 0.25) is 0 Å². The summed E-state index contributed by atoms with van der Waals surface area (Å²) in [6, 6.07) is 6.01. The molecular formula is C15H16N2OS. The lowest BCUT2D eigenvalue weighted by Gasteiger charge is -2.20. The number of aromatic nitrogens is 1. The Balaban J connectivity index is 2.01. The summed E-state index contributed by atoms with van der Waals surface area (Å²) >= 11 is 1.71. The van der Waals surface area contributed by atoms with Gasteiger partial charge in [-0.3, -0.25) is 0 Å². The number of likely N-dealkylation sites (N-methyl/N-ethyl adjacent to an activating group) is 1. The van der Waals surface area contributed by atoms with Crippen molar-refractivity contribution in [2.24, 2.45) is 0 Å². The molecule has 3 nitrogen and oxygen atoms in total. The van der Waals surface area contributed by atoms with Crippen molar-refractivity contribution in [2.45, 2.75) is 6.92 Å². The maximum absolute atomic E-state index is 5.25. The maximum atomic E-state index is 5.25. The molecular weight excluding hydrogens is 256 g/mol. The lowest BCUT2D eigenvalue weighted by Crippen LogP contribution is -2.19. The molecule has 0 radical (unpaired) electrons. The molecule has 0 amide bonds. The van der Waals surface area contributed by atoms with E-state index >= 15 is 0 Å². The fourth-order valence-electron chi connectivity index (χ4n) is 2.11. The molecule has 2 aromatic rings. The first-order valence-electron chi connectivity index (χ1n) is 6.37. The number of thiazole rings is 1. The van der Waals surface area contributed by atoms with Crippen LogP contribution in [0, 0.1) is 0 Å². The van der Waals surface area contributed by atoms with E-state index in [4.69, 9.17) is 9.72 Å². The predicted molar refractivity (Wildman–Crippen MR) is 80.5 cm³/mol. The Bertz CT molecular complexity index is 657. The molecule has 0 fully saturated rings. The minimum Gasteiger partial charge on any atom is -0.497 e. The monoisotopic (exact) mass is 272 g/mol. The summed E-state index contributed by atoms with van der Waals surface area (Å²) in [4.78, 5) is 6.98. The Labute approximate surface area is 116 Å². The van der Waals surface area contributed by atoms with Crippen LogP contribution in [0.25, 0.3) is 15.8 Å². The molecule has 1 aromatic heterocycles. The molecule has 1 aliphatic rings. The third-order valence-electron chi connectivity index (χ3n) is 3.21. The van der Waals surface area contributed by atoms with E-state index in [0.717, 1.165) is 34.1 Å². The average Bonchev–Trinajstić information content (AvgIpc) is 2.90. The first-order chi connectivity index (χ1) is 9.30. The molecule has 0 bridgehead atoms. The van der Waals surface area contributed by atoms with Crippen molar-refractivity contribution in [1.82, 2.24) is 9.88 Å². The standard InChI is InChI=1S/C15H16N2OS/c1-3-17-8-4-5-11(10-17)15-16-13-7-6-12(18-2)9-14(13)19-15/h4-7,9-10H,3,8H2,1-2H3. The topological polar surface area (TPSA) is 25.4 Å². The highest BCUT2D eigenvalue weighted by atomic mass is 32.1. The molecule has 0 atom stereocenters. The van der Waals surface area contributed by atoms with Crippen LogP contribution in [0.5, 0.6) is 5.75 Å². The molecule has 0 aliphatic carbocycles. The smallest absolute Gasteiger partial charge is 0.126 e. The zero-order chi connectivity index (χ0) is 13.2. The lowest BCUT2D eigenvalue weighted by atomic mass is 10.2. The van der Waals surface area contributed by atoms with E-state index in [9.17, 15) is 0 Å². The molecule has 0 saturated carbocycles. The van der Waals surface area contributed by atoms with Crippen LogP contribution in [-0.2, 0) is 0 Å². The van der Waals surface area contributed by atoms with Gasteiger partial charge in [-0.2, -0.15) is 0 Å². The highest BCUT2D eigenvalue weighted by molar-refractivity contribution is 7.19. The molecule has 2 heterocycles. The average molecular weight is 272 g/mol. The second-order valence-corrected chi connectivity index (χ2v) is 5.46. The van der Waals surface area contributed by atoms with Gasteiger partial charge in [-0.15, -0.1) is 11.3 Å². The molecule has 0 saturated heterocycles. The van der Waals surface area contributed by atoms with Gasteiger partial charge >= 0.3 is 0 Å². The van der Waals surface area contributed by atoms with Crippen LogP contribution in [0.3, 0.4) is 0 Å². The van der Waals surface area contributed by atoms with Crippen molar-refractivity contribution in [1.29, 1.82) is 0 Å². The molecule has 0 unspecified atom stereocenters. The van der Waals surface area contributed by atoms with Gasteiger partial charge in [0.05, 0.1) is 17.3 Å². The Morgan fingerprint density at radius 2 is 2.32 bits per heavy atom. The third-order valence-corrected chi connectivity index (χ3v) is 4.27. The first kappa shape index (κ1) is 12.2. The van der Waals surface area contributed by atoms with Crippen LogP contribution in [0.15, 0.2) is 36.6 Å². The Kier molecular flexibility index (Phi) is 3.25. The number of ether oxygens (including phenoxy) is 1. The molecule has 0 N–H and O–H groups in total. The van der Waals surface area contributed by atoms with Crippen LogP contribution < -0.4 is 4.74 Å². The van der Waals surface area contributed by atoms with E-state index in [1.807, 2.05) is 18.2 Å². The van der Waals surface area contributed by atoms with E-state index in [2.05, 4.69) is 30.2 Å². The molecule has 4 heteroatoms. The number of fused-ring (bicyclic) bond motifs is 1. The Hall–Kier alpha value is -1.81. The summed E-state index contributed by atoms with van der Waals surface area (Å²) in [5.41, 5.74) is 2.22. The van der Waals surface area contributed by atoms with E-state index in [0.29, 0.717) is 0 Å². The van der Waals surface area contributed by atoms with Crippen LogP contribution >= 0.6 is 11.3 Å². The Morgan fingerprint density at radius 3 is 3.11 bits per heavy atom. The highest BCUT2D eigenvalue weighted by Gasteiger charge is 2.11. The normalized spacial score (nSPS) is 14.8. The lowest BCUT2D eigenvalue weighted by molar-refractivity contribution is 0.415. The summed E-state index contributed by atoms with van der Waals surface area (Å²) in [6.45, 7) is 4.17. The van der Waals surface area contributed by atoms with E-state index in [1.165, 1.54) is 5.57 Å². The summed E-state index contributed by atoms with van der Waals surface area (Å²) < 4.78 is 6.42. The molecule has 3 rings (SSSR count). The van der Waals surface area contributed by atoms with Gasteiger partial charge in [-0.05, 0) is 25.1 Å². The number of hydrogen-bond acceptors (Lipinski definition) is 4. The highest BCUT2D eigenvalue weighted by Crippen LogP contribution is 2.31. The van der Waals surface area contributed by atoms with Gasteiger partial charge in [0, 0.05) is 24.9 Å². The molecule has 0 spiro atoms. The number of hydrogen-bond donors (Lipinski definition) is 0. The van der Waals surface area contributed by atoms with E-state index < -0.39 is 0 Å². The number of methoxy groups -OCH3 is 1. The van der Waals surface area contributed by atoms with Gasteiger partial charge < -0.3 is 9.64 Å². The molecule has 1 aromatic carbocycles. The summed E-state index contributed by atoms with van der Waals surface area (Å²) in [5.74, 6) is 0.881. The summed E-state index contributed by atoms with van der Waals surface area (Å²) in [5, 5.41) is 1.07. The second-order valence-electron chi connectivity index (χ2n) is 4.43. The SMILES string of the molecule is CCN1C=C(c2nc3ccc(OC)cc3s2)C=CC1. The number of benzene rings is 1. The predicted octanol–water partition coefficient (Wildman–Crippen LogP) is 3.54. The summed E-state index contributed by atoms with van der Waals surface area (Å²) in [7, 11) is 1.69. The molecule has 19 heavy (non-hydrogen) atoms. The third kappa shape index (κ3) is 2.36. The maximum Gasteiger partial charge on any atom is 0.126 e. The van der Waals surface area contributed by atoms with Crippen molar-refractivity contribution < 1.29 is 4.74 Å². The van der Waals surface area contributed by atoms with Crippen molar-refractivity contribution in [3.05, 3.63) is 41.6 Å². The van der Waals surface area contributed by atoms with Crippen LogP contribution in [0.2, 0.25) is 0 Å². The van der Waals surface area contributed by atoms with Crippen molar-refractivity contribution in [3.8, 4) is 5.75 Å². The summed E-state index contributed by atoms with van der Waals surface area (Å²) in [6.07, 6.45) is 6.53. The Morgan fingerprint density at radius 1 is 1.42 bits per heavy atom. The van der Waals surface area contributed by atoms with Gasteiger partial charge in [0.15, 0.2) is 0 Å². The fourth-order valence-corrected chi connectivity index (χ4v) is 3.09. The number of rotatable bonds is 3. The van der Waals surface area contributed by atoms with Crippen LogP contribution in [-0.4, -0.2) is 30.1 Å². The second kappa shape index (κ2) is 5.05. The van der Waals surface area contributed by atoms with Gasteiger partial charge in [-0.1, -0.05) is 12.2 Å². The van der Waals surface area contributed by atoms with Gasteiger partial charge in [0.1, 0.15) is 10.8 Å². The van der Waals surface area contributed by atoms with Crippen molar-refractivity contribution in [2.75, 3.05) is 20.2 Å². The zero-order valence-corrected chi connectivity index (χ0v) is 11.9. The van der Waals surface area contributed by atoms with Gasteiger partial charge in [-0.25, -0.2) is 4.98 Å². The zero-order valence-electron chi connectivity index (χ0n) is 11.1. The quantitative estimate of drug-likeness (QED) is 0.854. The van der Waals surface area contributed by atoms with Gasteiger partial charge in [0.25, 0.3) is 0 Å². The molecule has 98 valence electrons. The van der Waals surface area contributed by atoms with E-state index in [1.54, 1.807) is 18.4 Å². The number of allylic oxidation sites excluding steroid dienone is 2. The minimum absolute atomic E-state index is 0.881. The largest absolute Gasteiger partial charge is 0.497 e.